The monoisotopic (exact) mass is 613 g/mol. The fourth-order valence-corrected chi connectivity index (χ4v) is 4.49. The van der Waals surface area contributed by atoms with E-state index in [-0.39, 0.29) is 22.2 Å². The van der Waals surface area contributed by atoms with E-state index in [1.165, 1.54) is 23.9 Å². The highest BCUT2D eigenvalue weighted by Gasteiger charge is 2.48. The van der Waals surface area contributed by atoms with Crippen molar-refractivity contribution in [3.8, 4) is 5.82 Å². The number of amides is 3. The van der Waals surface area contributed by atoms with Crippen LogP contribution in [0.1, 0.15) is 37.1 Å². The molecule has 18 heteroatoms. The first-order valence-corrected chi connectivity index (χ1v) is 12.6. The molecule has 1 saturated carbocycles. The molecule has 42 heavy (non-hydrogen) atoms. The van der Waals surface area contributed by atoms with Gasteiger partial charge in [0.2, 0.25) is 11.8 Å². The van der Waals surface area contributed by atoms with Crippen LogP contribution in [0.5, 0.6) is 0 Å². The van der Waals surface area contributed by atoms with E-state index in [4.69, 9.17) is 16.3 Å². The van der Waals surface area contributed by atoms with Crippen LogP contribution in [0.15, 0.2) is 36.9 Å². The van der Waals surface area contributed by atoms with Crippen molar-refractivity contribution in [1.29, 1.82) is 0 Å². The summed E-state index contributed by atoms with van der Waals surface area (Å²) in [6.45, 7) is 1.68. The molecule has 3 amide bonds. The Morgan fingerprint density at radius 2 is 1.83 bits per heavy atom. The highest BCUT2D eigenvalue weighted by molar-refractivity contribution is 6.29. The normalized spacial score (nSPS) is 15.7. The minimum atomic E-state index is -4.92. The number of nitrogens with zero attached hydrogens (tertiary/aromatic N) is 6. The first-order valence-electron chi connectivity index (χ1n) is 12.2. The number of nitrogens with one attached hydrogen (secondary N) is 3. The predicted molar refractivity (Wildman–Crippen MR) is 139 cm³/mol. The lowest BCUT2D eigenvalue weighted by molar-refractivity contribution is -0.145. The molecule has 1 aliphatic rings. The topological polar surface area (TPSA) is 140 Å². The number of alkyl halides is 5. The second kappa shape index (κ2) is 10.8. The molecular formula is C24H21ClF5N9O3. The van der Waals surface area contributed by atoms with Crippen LogP contribution in [-0.2, 0) is 15.7 Å². The van der Waals surface area contributed by atoms with Gasteiger partial charge in [-0.25, -0.2) is 32.7 Å². The molecule has 5 rings (SSSR count). The summed E-state index contributed by atoms with van der Waals surface area (Å²) in [4.78, 5) is 32.9. The Morgan fingerprint density at radius 1 is 1.10 bits per heavy atom. The molecule has 0 bridgehead atoms. The number of urea groups is 1. The molecule has 1 aliphatic carbocycles. The van der Waals surface area contributed by atoms with Gasteiger partial charge in [0.1, 0.15) is 5.56 Å². The fourth-order valence-electron chi connectivity index (χ4n) is 4.32. The van der Waals surface area contributed by atoms with E-state index >= 15 is 0 Å². The Bertz CT molecular complexity index is 1660. The molecule has 4 aromatic heterocycles. The van der Waals surface area contributed by atoms with Crippen molar-refractivity contribution >= 4 is 46.2 Å². The Kier molecular flexibility index (Phi) is 7.48. The first-order chi connectivity index (χ1) is 19.7. The van der Waals surface area contributed by atoms with Crippen LogP contribution in [0.25, 0.3) is 11.5 Å². The quantitative estimate of drug-likeness (QED) is 0.240. The molecule has 0 aromatic carbocycles. The molecule has 222 valence electrons. The van der Waals surface area contributed by atoms with Crippen LogP contribution < -0.4 is 16.0 Å². The zero-order valence-corrected chi connectivity index (χ0v) is 22.5. The van der Waals surface area contributed by atoms with Crippen molar-refractivity contribution in [1.82, 2.24) is 29.4 Å². The molecule has 0 radical (unpaired) electrons. The highest BCUT2D eigenvalue weighted by atomic mass is 35.5. The highest BCUT2D eigenvalue weighted by Crippen LogP contribution is 2.43. The zero-order chi connectivity index (χ0) is 30.4. The van der Waals surface area contributed by atoms with Crippen LogP contribution >= 0.6 is 11.6 Å². The Labute approximate surface area is 238 Å². The molecule has 1 atom stereocenters. The Morgan fingerprint density at radius 3 is 2.50 bits per heavy atom. The third-order valence-electron chi connectivity index (χ3n) is 6.44. The van der Waals surface area contributed by atoms with E-state index in [1.54, 1.807) is 6.92 Å². The number of carbonyl (C=O) groups is 2. The number of fused-ring (bicyclic) bond motifs is 1. The summed E-state index contributed by atoms with van der Waals surface area (Å²) in [5.74, 6) is -5.16. The van der Waals surface area contributed by atoms with Gasteiger partial charge in [-0.1, -0.05) is 11.6 Å². The van der Waals surface area contributed by atoms with E-state index in [2.05, 4.69) is 36.1 Å². The number of anilines is 3. The molecule has 12 nitrogen and oxygen atoms in total. The molecular weight excluding hydrogens is 593 g/mol. The lowest BCUT2D eigenvalue weighted by atomic mass is 9.81. The number of hydrogen-bond donors (Lipinski definition) is 3. The molecule has 4 heterocycles. The number of pyridine rings is 1. The lowest BCUT2D eigenvalue weighted by Gasteiger charge is -2.33. The fraction of sp³-hybridized carbons (Fsp3) is 0.333. The molecule has 3 N–H and O–H groups in total. The van der Waals surface area contributed by atoms with E-state index in [0.29, 0.717) is 17.4 Å². The van der Waals surface area contributed by atoms with Crippen LogP contribution in [-0.4, -0.2) is 54.3 Å². The van der Waals surface area contributed by atoms with E-state index < -0.39 is 60.3 Å². The maximum atomic E-state index is 14.0. The minimum Gasteiger partial charge on any atom is -0.375 e. The standard InChI is InChI=1S/C24H21ClF5N9O3/c1-11(42-2)19-16(9-31-18-4-17(25)37-39(18)19)36-22(41)35-13-3-15(24(28,29)30)20(32-7-13)38-10-14(8-33-38)34-21(40)12-5-23(26,27)6-12/h3-4,7-12H,5-6H2,1-2H3,(H,34,40)(H2,35,36,41)/t11-/m0/s1. The maximum Gasteiger partial charge on any atom is 0.420 e. The van der Waals surface area contributed by atoms with Crippen molar-refractivity contribution in [2.45, 2.75) is 38.0 Å². The van der Waals surface area contributed by atoms with Gasteiger partial charge in [-0.3, -0.25) is 4.79 Å². The van der Waals surface area contributed by atoms with Crippen molar-refractivity contribution in [2.24, 2.45) is 5.92 Å². The number of ether oxygens (including phenoxy) is 1. The van der Waals surface area contributed by atoms with Crippen LogP contribution in [0.3, 0.4) is 0 Å². The molecule has 1 fully saturated rings. The number of rotatable bonds is 7. The predicted octanol–water partition coefficient (Wildman–Crippen LogP) is 5.32. The van der Waals surface area contributed by atoms with Crippen LogP contribution in [0.2, 0.25) is 5.15 Å². The molecule has 0 saturated heterocycles. The van der Waals surface area contributed by atoms with Gasteiger partial charge in [0.05, 0.1) is 53.6 Å². The first kappa shape index (κ1) is 29.1. The van der Waals surface area contributed by atoms with Gasteiger partial charge in [0, 0.05) is 31.9 Å². The van der Waals surface area contributed by atoms with Gasteiger partial charge >= 0.3 is 12.2 Å². The Balaban J connectivity index is 1.35. The molecule has 0 aliphatic heterocycles. The minimum absolute atomic E-state index is 0.00291. The third kappa shape index (κ3) is 5.96. The van der Waals surface area contributed by atoms with Crippen molar-refractivity contribution in [3.63, 3.8) is 0 Å². The SMILES string of the molecule is CO[C@@H](C)c1c(NC(=O)Nc2cnc(-n3cc(NC(=O)C4CC(F)(F)C4)cn3)c(C(F)(F)F)c2)cnc2cc(Cl)nn12. The summed E-state index contributed by atoms with van der Waals surface area (Å²) in [5, 5.41) is 15.3. The van der Waals surface area contributed by atoms with E-state index in [1.807, 2.05) is 0 Å². The van der Waals surface area contributed by atoms with Crippen molar-refractivity contribution < 1.29 is 36.3 Å². The average molecular weight is 614 g/mol. The Hall–Kier alpha value is -4.38. The van der Waals surface area contributed by atoms with Gasteiger partial charge in [-0.15, -0.1) is 0 Å². The summed E-state index contributed by atoms with van der Waals surface area (Å²) in [6.07, 6.45) is -2.29. The summed E-state index contributed by atoms with van der Waals surface area (Å²) >= 11 is 5.97. The van der Waals surface area contributed by atoms with Crippen molar-refractivity contribution in [2.75, 3.05) is 23.1 Å². The summed E-state index contributed by atoms with van der Waals surface area (Å²) in [6, 6.07) is 1.24. The second-order valence-electron chi connectivity index (χ2n) is 9.47. The average Bonchev–Trinajstić information content (AvgIpc) is 3.51. The second-order valence-corrected chi connectivity index (χ2v) is 9.86. The lowest BCUT2D eigenvalue weighted by Crippen LogP contribution is -2.42. The number of methoxy groups -OCH3 is 1. The smallest absolute Gasteiger partial charge is 0.375 e. The largest absolute Gasteiger partial charge is 0.420 e. The maximum absolute atomic E-state index is 14.0. The summed E-state index contributed by atoms with van der Waals surface area (Å²) in [5.41, 5.74) is -0.633. The van der Waals surface area contributed by atoms with Gasteiger partial charge in [0.25, 0.3) is 0 Å². The van der Waals surface area contributed by atoms with E-state index in [9.17, 15) is 31.5 Å². The van der Waals surface area contributed by atoms with Gasteiger partial charge in [-0.05, 0) is 13.0 Å². The number of aromatic nitrogens is 6. The number of halogens is 6. The van der Waals surface area contributed by atoms with E-state index in [0.717, 1.165) is 23.3 Å². The number of hydrogen-bond acceptors (Lipinski definition) is 7. The van der Waals surface area contributed by atoms with Gasteiger partial charge < -0.3 is 20.7 Å². The van der Waals surface area contributed by atoms with Crippen LogP contribution in [0, 0.1) is 5.92 Å². The molecule has 0 spiro atoms. The molecule has 0 unspecified atom stereocenters. The van der Waals surface area contributed by atoms with Crippen LogP contribution in [0.4, 0.5) is 43.8 Å². The molecule has 4 aromatic rings. The number of carbonyl (C=O) groups excluding carboxylic acids is 2. The van der Waals surface area contributed by atoms with Crippen molar-refractivity contribution in [3.05, 3.63) is 53.3 Å². The summed E-state index contributed by atoms with van der Waals surface area (Å²) < 4.78 is 75.6. The van der Waals surface area contributed by atoms with Gasteiger partial charge in [-0.2, -0.15) is 23.4 Å². The zero-order valence-electron chi connectivity index (χ0n) is 21.7. The third-order valence-corrected chi connectivity index (χ3v) is 6.62. The summed E-state index contributed by atoms with van der Waals surface area (Å²) in [7, 11) is 1.43. The van der Waals surface area contributed by atoms with Gasteiger partial charge in [0.15, 0.2) is 16.6 Å².